The average molecular weight is 444 g/mol. The number of rotatable bonds is 8. The predicted molar refractivity (Wildman–Crippen MR) is 123 cm³/mol. The highest BCUT2D eigenvalue weighted by Gasteiger charge is 2.23. The van der Waals surface area contributed by atoms with Gasteiger partial charge in [-0.25, -0.2) is 4.98 Å². The molecule has 5 rings (SSSR count). The zero-order chi connectivity index (χ0) is 22.6. The van der Waals surface area contributed by atoms with Crippen LogP contribution in [-0.2, 0) is 11.4 Å². The van der Waals surface area contributed by atoms with Gasteiger partial charge in [-0.2, -0.15) is 5.10 Å². The number of oxime groups is 1. The summed E-state index contributed by atoms with van der Waals surface area (Å²) in [4.78, 5) is 22.2. The van der Waals surface area contributed by atoms with Gasteiger partial charge in [0.2, 0.25) is 0 Å². The van der Waals surface area contributed by atoms with Gasteiger partial charge in [0.25, 0.3) is 5.91 Å². The number of para-hydroxylation sites is 1. The van der Waals surface area contributed by atoms with Gasteiger partial charge < -0.3 is 19.3 Å². The van der Waals surface area contributed by atoms with Crippen LogP contribution in [0.5, 0.6) is 5.75 Å². The standard InChI is InChI=1S/C24H24N6O3/c1-2-30-15-18(12-27-30)21-5-3-4-6-22(21)32-16-20-11-19(28-33-20)13-26-24(31)17-7-8-23-25-9-10-29(23)14-17/h3-10,12,14-15,20H,2,11,13,16H2,1H3,(H,26,31). The summed E-state index contributed by atoms with van der Waals surface area (Å²) >= 11 is 0. The molecule has 0 saturated carbocycles. The van der Waals surface area contributed by atoms with Gasteiger partial charge in [0.05, 0.1) is 24.0 Å². The number of carbonyl (C=O) groups is 1. The first kappa shape index (κ1) is 20.7. The number of nitrogens with one attached hydrogen (secondary N) is 1. The fourth-order valence-corrected chi connectivity index (χ4v) is 3.71. The Kier molecular flexibility index (Phi) is 5.75. The van der Waals surface area contributed by atoms with Gasteiger partial charge in [0.15, 0.2) is 6.10 Å². The van der Waals surface area contributed by atoms with Crippen molar-refractivity contribution in [2.24, 2.45) is 5.16 Å². The van der Waals surface area contributed by atoms with Crippen molar-refractivity contribution in [3.8, 4) is 16.9 Å². The van der Waals surface area contributed by atoms with E-state index in [0.29, 0.717) is 25.1 Å². The van der Waals surface area contributed by atoms with Crippen LogP contribution in [0.3, 0.4) is 0 Å². The molecule has 9 heteroatoms. The first-order valence-electron chi connectivity index (χ1n) is 10.9. The largest absolute Gasteiger partial charge is 0.489 e. The van der Waals surface area contributed by atoms with Gasteiger partial charge in [-0.05, 0) is 25.1 Å². The van der Waals surface area contributed by atoms with E-state index in [9.17, 15) is 4.79 Å². The number of fused-ring (bicyclic) bond motifs is 1. The van der Waals surface area contributed by atoms with Crippen LogP contribution in [0.25, 0.3) is 16.8 Å². The quantitative estimate of drug-likeness (QED) is 0.450. The highest BCUT2D eigenvalue weighted by Crippen LogP contribution is 2.30. The lowest BCUT2D eigenvalue weighted by atomic mass is 10.1. The third-order valence-electron chi connectivity index (χ3n) is 5.48. The Labute approximate surface area is 190 Å². The molecule has 9 nitrogen and oxygen atoms in total. The number of hydrogen-bond acceptors (Lipinski definition) is 6. The zero-order valence-corrected chi connectivity index (χ0v) is 18.2. The monoisotopic (exact) mass is 444 g/mol. The second-order valence-corrected chi connectivity index (χ2v) is 7.77. The Morgan fingerprint density at radius 2 is 2.15 bits per heavy atom. The van der Waals surface area contributed by atoms with Crippen molar-refractivity contribution in [1.82, 2.24) is 24.5 Å². The minimum absolute atomic E-state index is 0.172. The van der Waals surface area contributed by atoms with Crippen LogP contribution in [0.4, 0.5) is 0 Å². The van der Waals surface area contributed by atoms with E-state index < -0.39 is 0 Å². The number of amides is 1. The minimum atomic E-state index is -0.203. The van der Waals surface area contributed by atoms with Crippen LogP contribution < -0.4 is 10.1 Å². The number of ether oxygens (including phenoxy) is 1. The molecular weight excluding hydrogens is 420 g/mol. The Morgan fingerprint density at radius 1 is 1.24 bits per heavy atom. The Bertz CT molecular complexity index is 1310. The van der Waals surface area contributed by atoms with Crippen molar-refractivity contribution < 1.29 is 14.4 Å². The molecule has 1 atom stereocenters. The number of hydrogen-bond donors (Lipinski definition) is 1. The van der Waals surface area contributed by atoms with Gasteiger partial charge in [0.1, 0.15) is 18.0 Å². The second kappa shape index (κ2) is 9.15. The smallest absolute Gasteiger partial charge is 0.253 e. The number of carbonyl (C=O) groups excluding carboxylic acids is 1. The van der Waals surface area contributed by atoms with Gasteiger partial charge in [-0.1, -0.05) is 23.4 Å². The Morgan fingerprint density at radius 3 is 3.03 bits per heavy atom. The fourth-order valence-electron chi connectivity index (χ4n) is 3.71. The van der Waals surface area contributed by atoms with Crippen LogP contribution in [0, 0.1) is 0 Å². The maximum atomic E-state index is 12.5. The van der Waals surface area contributed by atoms with Crippen molar-refractivity contribution in [3.63, 3.8) is 0 Å². The van der Waals surface area contributed by atoms with E-state index in [1.807, 2.05) is 51.8 Å². The summed E-state index contributed by atoms with van der Waals surface area (Å²) in [7, 11) is 0. The van der Waals surface area contributed by atoms with Crippen LogP contribution in [0.2, 0.25) is 0 Å². The maximum absolute atomic E-state index is 12.5. The Balaban J connectivity index is 1.13. The molecule has 3 aromatic heterocycles. The molecule has 1 aromatic carbocycles. The lowest BCUT2D eigenvalue weighted by Crippen LogP contribution is -2.30. The van der Waals surface area contributed by atoms with E-state index in [1.165, 1.54) is 0 Å². The SMILES string of the molecule is CCn1cc(-c2ccccc2OCC2CC(CNC(=O)c3ccc4nccn4c3)=NO2)cn1. The summed E-state index contributed by atoms with van der Waals surface area (Å²) < 4.78 is 9.76. The maximum Gasteiger partial charge on any atom is 0.253 e. The highest BCUT2D eigenvalue weighted by atomic mass is 16.7. The molecule has 0 fully saturated rings. The topological polar surface area (TPSA) is 95.0 Å². The minimum Gasteiger partial charge on any atom is -0.489 e. The third kappa shape index (κ3) is 4.57. The Hall–Kier alpha value is -4.14. The van der Waals surface area contributed by atoms with Crippen LogP contribution in [0.15, 0.2) is 72.5 Å². The lowest BCUT2D eigenvalue weighted by molar-refractivity contribution is 0.0472. The molecule has 1 aliphatic heterocycles. The summed E-state index contributed by atoms with van der Waals surface area (Å²) in [5, 5.41) is 11.4. The molecule has 4 heterocycles. The molecule has 1 unspecified atom stereocenters. The molecule has 33 heavy (non-hydrogen) atoms. The molecule has 0 radical (unpaired) electrons. The predicted octanol–water partition coefficient (Wildman–Crippen LogP) is 3.17. The van der Waals surface area contributed by atoms with Crippen molar-refractivity contribution >= 4 is 17.3 Å². The molecular formula is C24H24N6O3. The summed E-state index contributed by atoms with van der Waals surface area (Å²) in [6.45, 7) is 3.55. The number of nitrogens with zero attached hydrogens (tertiary/aromatic N) is 5. The summed E-state index contributed by atoms with van der Waals surface area (Å²) in [5.74, 6) is 0.600. The number of aryl methyl sites for hydroxylation is 1. The van der Waals surface area contributed by atoms with E-state index in [2.05, 4.69) is 27.5 Å². The van der Waals surface area contributed by atoms with E-state index in [-0.39, 0.29) is 12.0 Å². The van der Waals surface area contributed by atoms with Crippen molar-refractivity contribution in [1.29, 1.82) is 0 Å². The molecule has 4 aromatic rings. The molecule has 0 aliphatic carbocycles. The first-order chi connectivity index (χ1) is 16.2. The zero-order valence-electron chi connectivity index (χ0n) is 18.2. The molecule has 1 N–H and O–H groups in total. The number of imidazole rings is 1. The average Bonchev–Trinajstić information content (AvgIpc) is 3.61. The summed E-state index contributed by atoms with van der Waals surface area (Å²) in [5.41, 5.74) is 4.12. The van der Waals surface area contributed by atoms with E-state index in [4.69, 9.17) is 9.57 Å². The van der Waals surface area contributed by atoms with Gasteiger partial charge >= 0.3 is 0 Å². The summed E-state index contributed by atoms with van der Waals surface area (Å²) in [6.07, 6.45) is 9.49. The van der Waals surface area contributed by atoms with Crippen molar-refractivity contribution in [3.05, 3.63) is 72.9 Å². The summed E-state index contributed by atoms with van der Waals surface area (Å²) in [6, 6.07) is 11.4. The van der Waals surface area contributed by atoms with Gasteiger partial charge in [-0.15, -0.1) is 0 Å². The number of pyridine rings is 1. The van der Waals surface area contributed by atoms with Crippen LogP contribution in [0.1, 0.15) is 23.7 Å². The van der Waals surface area contributed by atoms with Crippen LogP contribution in [-0.4, -0.2) is 50.0 Å². The second-order valence-electron chi connectivity index (χ2n) is 7.77. The van der Waals surface area contributed by atoms with Crippen molar-refractivity contribution in [2.75, 3.05) is 13.2 Å². The van der Waals surface area contributed by atoms with Crippen molar-refractivity contribution in [2.45, 2.75) is 26.0 Å². The van der Waals surface area contributed by atoms with E-state index >= 15 is 0 Å². The lowest BCUT2D eigenvalue weighted by Gasteiger charge is -2.13. The molecule has 0 bridgehead atoms. The van der Waals surface area contributed by atoms with E-state index in [0.717, 1.165) is 34.8 Å². The first-order valence-corrected chi connectivity index (χ1v) is 10.9. The van der Waals surface area contributed by atoms with Gasteiger partial charge in [0, 0.05) is 48.9 Å². The number of aromatic nitrogens is 4. The van der Waals surface area contributed by atoms with Gasteiger partial charge in [-0.3, -0.25) is 9.48 Å². The highest BCUT2D eigenvalue weighted by molar-refractivity contribution is 5.98. The third-order valence-corrected chi connectivity index (χ3v) is 5.48. The molecule has 1 amide bonds. The van der Waals surface area contributed by atoms with E-state index in [1.54, 1.807) is 24.7 Å². The normalized spacial score (nSPS) is 15.3. The molecule has 1 aliphatic rings. The van der Waals surface area contributed by atoms with Crippen LogP contribution >= 0.6 is 0 Å². The molecule has 0 saturated heterocycles. The number of benzene rings is 1. The molecule has 168 valence electrons. The molecule has 0 spiro atoms. The fraction of sp³-hybridized carbons (Fsp3) is 0.250.